The van der Waals surface area contributed by atoms with E-state index in [0.29, 0.717) is 5.75 Å². The molecule has 0 aliphatic rings. The van der Waals surface area contributed by atoms with Gasteiger partial charge in [0.1, 0.15) is 18.8 Å². The maximum Gasteiger partial charge on any atom is 0.261 e. The average Bonchev–Trinajstić information content (AvgIpc) is 3.11. The topological polar surface area (TPSA) is 128 Å². The van der Waals surface area contributed by atoms with E-state index in [1.54, 1.807) is 0 Å². The van der Waals surface area contributed by atoms with Crippen LogP contribution in [0, 0.1) is 0 Å². The van der Waals surface area contributed by atoms with Gasteiger partial charge in [0.05, 0.1) is 36.2 Å². The summed E-state index contributed by atoms with van der Waals surface area (Å²) in [5.41, 5.74) is 5.65. The molecule has 0 unspecified atom stereocenters. The minimum Gasteiger partial charge on any atom is -0.452 e. The summed E-state index contributed by atoms with van der Waals surface area (Å²) in [5, 5.41) is 4.34. The molecule has 11 heteroatoms. The van der Waals surface area contributed by atoms with Crippen molar-refractivity contribution in [3.8, 4) is 11.5 Å². The van der Waals surface area contributed by atoms with Crippen molar-refractivity contribution in [1.82, 2.24) is 19.9 Å². The number of carbonyl (C=O) groups excluding carboxylic acids is 1. The van der Waals surface area contributed by atoms with E-state index in [9.17, 15) is 9.18 Å². The Balaban J connectivity index is 0.00000261. The van der Waals surface area contributed by atoms with E-state index in [4.69, 9.17) is 10.5 Å². The second-order valence-electron chi connectivity index (χ2n) is 4.73. The van der Waals surface area contributed by atoms with Gasteiger partial charge in [-0.25, -0.2) is 29.3 Å². The van der Waals surface area contributed by atoms with Crippen LogP contribution in [0.3, 0.4) is 0 Å². The van der Waals surface area contributed by atoms with Crippen molar-refractivity contribution >= 4 is 34.5 Å². The third kappa shape index (κ3) is 4.13. The van der Waals surface area contributed by atoms with E-state index < -0.39 is 12.6 Å². The number of amides is 1. The summed E-state index contributed by atoms with van der Waals surface area (Å²) in [5.74, 6) is 0.226. The van der Waals surface area contributed by atoms with E-state index in [0.717, 1.165) is 17.7 Å². The molecule has 0 bridgehead atoms. The largest absolute Gasteiger partial charge is 0.452 e. The first-order chi connectivity index (χ1) is 12.7. The van der Waals surface area contributed by atoms with Crippen LogP contribution in [-0.4, -0.2) is 32.2 Å². The van der Waals surface area contributed by atoms with E-state index in [1.807, 2.05) is 0 Å². The standard InChI is InChI=1S/C15H12FN7O2S.H2/c16-2-9-6-26-15(22-9)23-14(24)12-1-10(5-20-13(12)21-7-17)25-11-3-18-8-19-4-11;/h1,3-8H,2H2,(H2,17,20,21)(H,22,23,24);1H. The molecule has 3 N–H and O–H groups in total. The van der Waals surface area contributed by atoms with Gasteiger partial charge in [-0.2, -0.15) is 0 Å². The molecule has 0 saturated heterocycles. The summed E-state index contributed by atoms with van der Waals surface area (Å²) < 4.78 is 18.1. The number of rotatable bonds is 6. The number of alkyl halides is 1. The number of anilines is 1. The average molecular weight is 375 g/mol. The Morgan fingerprint density at radius 3 is 2.88 bits per heavy atom. The number of halogens is 1. The van der Waals surface area contributed by atoms with Gasteiger partial charge in [-0.15, -0.1) is 11.3 Å². The SMILES string of the molecule is N/C=N\c1ncc(Oc2cncnc2)cc1C(=O)Nc1nc(CF)cs1.[HH]. The van der Waals surface area contributed by atoms with Gasteiger partial charge in [-0.3, -0.25) is 10.1 Å². The van der Waals surface area contributed by atoms with Gasteiger partial charge in [0.15, 0.2) is 16.7 Å². The maximum atomic E-state index is 12.6. The van der Waals surface area contributed by atoms with Gasteiger partial charge < -0.3 is 10.5 Å². The van der Waals surface area contributed by atoms with Gasteiger partial charge in [-0.05, 0) is 6.07 Å². The van der Waals surface area contributed by atoms with Crippen LogP contribution < -0.4 is 15.8 Å². The lowest BCUT2D eigenvalue weighted by Crippen LogP contribution is -2.13. The molecule has 134 valence electrons. The molecule has 0 fully saturated rings. The number of thiazole rings is 1. The lowest BCUT2D eigenvalue weighted by Gasteiger charge is -2.08. The highest BCUT2D eigenvalue weighted by Gasteiger charge is 2.16. The van der Waals surface area contributed by atoms with Crippen molar-refractivity contribution in [3.05, 3.63) is 47.6 Å². The van der Waals surface area contributed by atoms with Crippen LogP contribution in [0.4, 0.5) is 15.3 Å². The number of nitrogens with one attached hydrogen (secondary N) is 1. The number of carbonyl (C=O) groups is 1. The molecule has 3 heterocycles. The Morgan fingerprint density at radius 2 is 2.19 bits per heavy atom. The number of hydrogen-bond donors (Lipinski definition) is 2. The Morgan fingerprint density at radius 1 is 1.38 bits per heavy atom. The first kappa shape index (κ1) is 17.4. The number of nitrogens with zero attached hydrogens (tertiary/aromatic N) is 5. The van der Waals surface area contributed by atoms with Crippen LogP contribution >= 0.6 is 11.3 Å². The summed E-state index contributed by atoms with van der Waals surface area (Å²) in [4.78, 5) is 32.1. The summed E-state index contributed by atoms with van der Waals surface area (Å²) in [6.07, 6.45) is 6.70. The van der Waals surface area contributed by atoms with Crippen LogP contribution in [0.15, 0.2) is 41.4 Å². The fraction of sp³-hybridized carbons (Fsp3) is 0.0667. The van der Waals surface area contributed by atoms with Crippen molar-refractivity contribution in [2.75, 3.05) is 5.32 Å². The fourth-order valence-electron chi connectivity index (χ4n) is 1.90. The molecule has 1 amide bonds. The molecular formula is C15H14FN7O2S. The summed E-state index contributed by atoms with van der Waals surface area (Å²) >= 11 is 1.11. The van der Waals surface area contributed by atoms with Gasteiger partial charge in [0.25, 0.3) is 5.91 Å². The predicted molar refractivity (Wildman–Crippen MR) is 95.7 cm³/mol. The smallest absolute Gasteiger partial charge is 0.261 e. The van der Waals surface area contributed by atoms with Crippen molar-refractivity contribution in [2.24, 2.45) is 10.7 Å². The zero-order valence-electron chi connectivity index (χ0n) is 13.2. The van der Waals surface area contributed by atoms with E-state index in [-0.39, 0.29) is 29.4 Å². The summed E-state index contributed by atoms with van der Waals surface area (Å²) in [6.45, 7) is -0.709. The van der Waals surface area contributed by atoms with Gasteiger partial charge >= 0.3 is 0 Å². The first-order valence-corrected chi connectivity index (χ1v) is 8.06. The predicted octanol–water partition coefficient (Wildman–Crippen LogP) is 2.71. The zero-order valence-corrected chi connectivity index (χ0v) is 14.0. The van der Waals surface area contributed by atoms with Gasteiger partial charge in [0, 0.05) is 6.81 Å². The molecule has 3 aromatic heterocycles. The number of hydrogen-bond acceptors (Lipinski definition) is 8. The van der Waals surface area contributed by atoms with Crippen molar-refractivity contribution in [1.29, 1.82) is 0 Å². The Kier molecular flexibility index (Phi) is 5.39. The van der Waals surface area contributed by atoms with E-state index in [2.05, 4.69) is 30.2 Å². The minimum absolute atomic E-state index is 0. The van der Waals surface area contributed by atoms with Gasteiger partial charge in [0.2, 0.25) is 0 Å². The second kappa shape index (κ2) is 8.07. The number of pyridine rings is 1. The van der Waals surface area contributed by atoms with Crippen LogP contribution in [0.5, 0.6) is 11.5 Å². The zero-order chi connectivity index (χ0) is 18.4. The molecule has 0 atom stereocenters. The fourth-order valence-corrected chi connectivity index (χ4v) is 2.58. The highest BCUT2D eigenvalue weighted by atomic mass is 32.1. The molecule has 3 rings (SSSR count). The molecule has 0 saturated carbocycles. The Bertz CT molecular complexity index is 939. The number of nitrogens with two attached hydrogens (primary N) is 1. The van der Waals surface area contributed by atoms with Crippen LogP contribution in [0.25, 0.3) is 0 Å². The third-order valence-electron chi connectivity index (χ3n) is 2.96. The lowest BCUT2D eigenvalue weighted by molar-refractivity contribution is 0.102. The molecular weight excluding hydrogens is 361 g/mol. The molecule has 0 spiro atoms. The lowest BCUT2D eigenvalue weighted by atomic mass is 10.2. The van der Waals surface area contributed by atoms with E-state index in [1.165, 1.54) is 36.4 Å². The number of aromatic nitrogens is 4. The minimum atomic E-state index is -0.709. The summed E-state index contributed by atoms with van der Waals surface area (Å²) in [6, 6.07) is 1.45. The van der Waals surface area contributed by atoms with Gasteiger partial charge in [-0.1, -0.05) is 0 Å². The Hall–Kier alpha value is -3.47. The molecule has 9 nitrogen and oxygen atoms in total. The summed E-state index contributed by atoms with van der Waals surface area (Å²) in [7, 11) is 0. The Labute approximate surface area is 152 Å². The number of ether oxygens (including phenoxy) is 1. The highest BCUT2D eigenvalue weighted by molar-refractivity contribution is 7.14. The van der Waals surface area contributed by atoms with Crippen molar-refractivity contribution in [3.63, 3.8) is 0 Å². The molecule has 3 aromatic rings. The van der Waals surface area contributed by atoms with Crippen molar-refractivity contribution < 1.29 is 15.3 Å². The van der Waals surface area contributed by atoms with E-state index >= 15 is 0 Å². The molecule has 0 aromatic carbocycles. The first-order valence-electron chi connectivity index (χ1n) is 7.18. The maximum absolute atomic E-state index is 12.6. The van der Waals surface area contributed by atoms with Crippen LogP contribution in [0.2, 0.25) is 0 Å². The second-order valence-corrected chi connectivity index (χ2v) is 5.59. The third-order valence-corrected chi connectivity index (χ3v) is 3.77. The number of aliphatic imine (C=N–C) groups is 1. The quantitative estimate of drug-likeness (QED) is 0.500. The molecule has 0 aliphatic carbocycles. The van der Waals surface area contributed by atoms with Crippen molar-refractivity contribution in [2.45, 2.75) is 6.67 Å². The van der Waals surface area contributed by atoms with Crippen LogP contribution in [-0.2, 0) is 6.67 Å². The monoisotopic (exact) mass is 375 g/mol. The highest BCUT2D eigenvalue weighted by Crippen LogP contribution is 2.26. The molecule has 0 aliphatic heterocycles. The normalized spacial score (nSPS) is 10.8. The van der Waals surface area contributed by atoms with Crippen LogP contribution in [0.1, 0.15) is 17.5 Å². The molecule has 0 radical (unpaired) electrons. The molecule has 26 heavy (non-hydrogen) atoms.